The molecular formula is C19H25FN4O4. The fourth-order valence-electron chi connectivity index (χ4n) is 4.22. The topological polar surface area (TPSA) is 114 Å². The molecule has 2 aliphatic rings. The standard InChI is InChI=1S/C19H25FN4O4/c1-9-5-6-23(7-10(9)8-25)16-13(20)14(21)12-15(17(16)28-2)24(11-3-4-11)19(27)22-18(12)26/h9-11,25H,3-8,21H2,1-2H3,(H,22,26,27). The molecule has 2 fully saturated rings. The zero-order valence-corrected chi connectivity index (χ0v) is 16.0. The first-order chi connectivity index (χ1) is 13.4. The third-order valence-corrected chi connectivity index (χ3v) is 6.07. The number of rotatable bonds is 4. The summed E-state index contributed by atoms with van der Waals surface area (Å²) in [4.78, 5) is 29.0. The number of benzene rings is 1. The van der Waals surface area contributed by atoms with E-state index in [1.54, 1.807) is 4.90 Å². The normalized spacial score (nSPS) is 22.6. The van der Waals surface area contributed by atoms with E-state index in [9.17, 15) is 14.7 Å². The fourth-order valence-corrected chi connectivity index (χ4v) is 4.22. The van der Waals surface area contributed by atoms with Crippen molar-refractivity contribution in [2.45, 2.75) is 32.2 Å². The van der Waals surface area contributed by atoms with Crippen LogP contribution in [0, 0.1) is 17.7 Å². The number of aromatic amines is 1. The maximum atomic E-state index is 15.4. The van der Waals surface area contributed by atoms with Gasteiger partial charge in [0.2, 0.25) is 0 Å². The molecule has 0 amide bonds. The smallest absolute Gasteiger partial charge is 0.329 e. The number of H-pyrrole nitrogens is 1. The van der Waals surface area contributed by atoms with Gasteiger partial charge in [-0.25, -0.2) is 9.18 Å². The first-order valence-electron chi connectivity index (χ1n) is 9.58. The van der Waals surface area contributed by atoms with Gasteiger partial charge in [0.05, 0.1) is 18.2 Å². The van der Waals surface area contributed by atoms with Crippen LogP contribution in [-0.4, -0.2) is 41.5 Å². The predicted molar refractivity (Wildman–Crippen MR) is 105 cm³/mol. The van der Waals surface area contributed by atoms with Crippen LogP contribution >= 0.6 is 0 Å². The molecule has 2 atom stereocenters. The number of nitrogens with two attached hydrogens (primary N) is 1. The quantitative estimate of drug-likeness (QED) is 0.674. The number of halogens is 1. The van der Waals surface area contributed by atoms with E-state index in [0.29, 0.717) is 19.0 Å². The molecule has 152 valence electrons. The van der Waals surface area contributed by atoms with Gasteiger partial charge >= 0.3 is 5.69 Å². The SMILES string of the molecule is COc1c(N2CCC(C)C(CO)C2)c(F)c(N)c2c(=O)[nH]c(=O)n(C3CC3)c12. The van der Waals surface area contributed by atoms with Crippen molar-refractivity contribution < 1.29 is 14.2 Å². The van der Waals surface area contributed by atoms with Gasteiger partial charge in [-0.3, -0.25) is 14.3 Å². The minimum atomic E-state index is -0.734. The largest absolute Gasteiger partial charge is 0.492 e. The molecule has 8 nitrogen and oxygen atoms in total. The monoisotopic (exact) mass is 392 g/mol. The summed E-state index contributed by atoms with van der Waals surface area (Å²) in [6.07, 6.45) is 2.37. The van der Waals surface area contributed by atoms with E-state index in [2.05, 4.69) is 11.9 Å². The molecule has 4 N–H and O–H groups in total. The Hall–Kier alpha value is -2.55. The van der Waals surface area contributed by atoms with E-state index in [0.717, 1.165) is 19.3 Å². The maximum Gasteiger partial charge on any atom is 0.329 e. The van der Waals surface area contributed by atoms with Crippen LogP contribution in [0.2, 0.25) is 0 Å². The molecule has 2 aromatic rings. The lowest BCUT2D eigenvalue weighted by Gasteiger charge is -2.38. The zero-order chi connectivity index (χ0) is 20.2. The number of aliphatic hydroxyl groups excluding tert-OH is 1. The molecule has 0 radical (unpaired) electrons. The molecular weight excluding hydrogens is 367 g/mol. The molecule has 4 rings (SSSR count). The molecule has 1 aliphatic carbocycles. The molecule has 1 saturated carbocycles. The molecule has 9 heteroatoms. The van der Waals surface area contributed by atoms with Crippen molar-refractivity contribution in [1.29, 1.82) is 0 Å². The van der Waals surface area contributed by atoms with E-state index < -0.39 is 17.1 Å². The Balaban J connectivity index is 2.02. The number of hydrogen-bond donors (Lipinski definition) is 3. The van der Waals surface area contributed by atoms with Crippen LogP contribution in [0.3, 0.4) is 0 Å². The summed E-state index contributed by atoms with van der Waals surface area (Å²) in [5.41, 5.74) is 4.87. The van der Waals surface area contributed by atoms with Gasteiger partial charge in [0.1, 0.15) is 11.2 Å². The van der Waals surface area contributed by atoms with Gasteiger partial charge in [-0.15, -0.1) is 0 Å². The average molecular weight is 392 g/mol. The Labute approximate surface area is 160 Å². The molecule has 2 heterocycles. The van der Waals surface area contributed by atoms with Crippen LogP contribution in [0.5, 0.6) is 5.75 Å². The van der Waals surface area contributed by atoms with Gasteiger partial charge in [0.15, 0.2) is 11.6 Å². The number of anilines is 2. The fraction of sp³-hybridized carbons (Fsp3) is 0.579. The summed E-state index contributed by atoms with van der Waals surface area (Å²) in [6.45, 7) is 3.06. The number of ether oxygens (including phenoxy) is 1. The van der Waals surface area contributed by atoms with Crippen molar-refractivity contribution in [1.82, 2.24) is 9.55 Å². The van der Waals surface area contributed by atoms with E-state index in [4.69, 9.17) is 10.5 Å². The van der Waals surface area contributed by atoms with Crippen LogP contribution in [0.4, 0.5) is 15.8 Å². The van der Waals surface area contributed by atoms with Crippen molar-refractivity contribution in [3.63, 3.8) is 0 Å². The first-order valence-corrected chi connectivity index (χ1v) is 9.58. The molecule has 1 aliphatic heterocycles. The number of nitrogens with zero attached hydrogens (tertiary/aromatic N) is 2. The predicted octanol–water partition coefficient (Wildman–Crippen LogP) is 1.21. The Morgan fingerprint density at radius 1 is 1.32 bits per heavy atom. The lowest BCUT2D eigenvalue weighted by atomic mass is 9.87. The minimum Gasteiger partial charge on any atom is -0.492 e. The first kappa shape index (κ1) is 18.8. The number of fused-ring (bicyclic) bond motifs is 1. The van der Waals surface area contributed by atoms with Crippen LogP contribution in [0.15, 0.2) is 9.59 Å². The van der Waals surface area contributed by atoms with Gasteiger partial charge in [-0.1, -0.05) is 6.92 Å². The number of aromatic nitrogens is 2. The Bertz CT molecular complexity index is 1040. The Morgan fingerprint density at radius 2 is 2.04 bits per heavy atom. The summed E-state index contributed by atoms with van der Waals surface area (Å²) in [7, 11) is 1.40. The summed E-state index contributed by atoms with van der Waals surface area (Å²) >= 11 is 0. The van der Waals surface area contributed by atoms with E-state index in [1.807, 2.05) is 0 Å². The third-order valence-electron chi connectivity index (χ3n) is 6.07. The van der Waals surface area contributed by atoms with Gasteiger partial charge in [0, 0.05) is 31.7 Å². The highest BCUT2D eigenvalue weighted by Gasteiger charge is 2.35. The van der Waals surface area contributed by atoms with Crippen molar-refractivity contribution >= 4 is 22.3 Å². The third kappa shape index (κ3) is 2.76. The van der Waals surface area contributed by atoms with Crippen LogP contribution in [0.25, 0.3) is 10.9 Å². The van der Waals surface area contributed by atoms with Crippen LogP contribution in [-0.2, 0) is 0 Å². The number of nitrogens with one attached hydrogen (secondary N) is 1. The number of hydrogen-bond acceptors (Lipinski definition) is 6. The van der Waals surface area contributed by atoms with E-state index in [1.165, 1.54) is 11.7 Å². The summed E-state index contributed by atoms with van der Waals surface area (Å²) in [5, 5.41) is 9.62. The van der Waals surface area contributed by atoms with Crippen molar-refractivity contribution in [3.8, 4) is 5.75 Å². The number of nitrogen functional groups attached to an aromatic ring is 1. The number of methoxy groups -OCH3 is 1. The highest BCUT2D eigenvalue weighted by molar-refractivity contribution is 5.99. The second-order valence-electron chi connectivity index (χ2n) is 7.85. The maximum absolute atomic E-state index is 15.4. The van der Waals surface area contributed by atoms with E-state index >= 15 is 4.39 Å². The van der Waals surface area contributed by atoms with E-state index in [-0.39, 0.29) is 46.6 Å². The number of piperidine rings is 1. The van der Waals surface area contributed by atoms with Crippen molar-refractivity contribution in [2.75, 3.05) is 37.4 Å². The van der Waals surface area contributed by atoms with Gasteiger partial charge < -0.3 is 20.5 Å². The Kier molecular flexibility index (Phi) is 4.57. The molecule has 1 saturated heterocycles. The van der Waals surface area contributed by atoms with Crippen LogP contribution in [0.1, 0.15) is 32.2 Å². The van der Waals surface area contributed by atoms with Gasteiger partial charge in [-0.2, -0.15) is 0 Å². The number of aliphatic hydroxyl groups is 1. The molecule has 1 aromatic carbocycles. The molecule has 0 bridgehead atoms. The highest BCUT2D eigenvalue weighted by atomic mass is 19.1. The highest BCUT2D eigenvalue weighted by Crippen LogP contribution is 2.45. The lowest BCUT2D eigenvalue weighted by molar-refractivity contribution is 0.166. The molecule has 28 heavy (non-hydrogen) atoms. The second-order valence-corrected chi connectivity index (χ2v) is 7.85. The Morgan fingerprint density at radius 3 is 2.64 bits per heavy atom. The molecule has 1 aromatic heterocycles. The minimum absolute atomic E-state index is 0.00286. The van der Waals surface area contributed by atoms with Crippen molar-refractivity contribution in [2.24, 2.45) is 11.8 Å². The summed E-state index contributed by atoms with van der Waals surface area (Å²) in [6, 6.07) is -0.0648. The zero-order valence-electron chi connectivity index (χ0n) is 16.0. The average Bonchev–Trinajstić information content (AvgIpc) is 3.49. The van der Waals surface area contributed by atoms with Gasteiger partial charge in [0.25, 0.3) is 5.56 Å². The lowest BCUT2D eigenvalue weighted by Crippen LogP contribution is -2.42. The van der Waals surface area contributed by atoms with Crippen LogP contribution < -0.4 is 26.6 Å². The molecule has 2 unspecified atom stereocenters. The van der Waals surface area contributed by atoms with Crippen molar-refractivity contribution in [3.05, 3.63) is 26.7 Å². The van der Waals surface area contributed by atoms with Gasteiger partial charge in [-0.05, 0) is 25.2 Å². The summed E-state index contributed by atoms with van der Waals surface area (Å²) < 4.78 is 22.4. The second kappa shape index (κ2) is 6.80. The summed E-state index contributed by atoms with van der Waals surface area (Å²) in [5.74, 6) is -0.301. The molecule has 0 spiro atoms.